The Balaban J connectivity index is 2.21. The van der Waals surface area contributed by atoms with E-state index < -0.39 is 0 Å². The molecule has 100 valence electrons. The molecular formula is C14H15BrN2O2. The van der Waals surface area contributed by atoms with E-state index in [9.17, 15) is 4.79 Å². The molecular weight excluding hydrogens is 308 g/mol. The SMILES string of the molecule is COC(=O)c1c2cc(Br)ccc2nn1C1CCCC1. The van der Waals surface area contributed by atoms with Crippen molar-refractivity contribution in [2.24, 2.45) is 0 Å². The lowest BCUT2D eigenvalue weighted by Crippen LogP contribution is -2.15. The van der Waals surface area contributed by atoms with E-state index >= 15 is 0 Å². The zero-order valence-corrected chi connectivity index (χ0v) is 12.3. The molecule has 1 aliphatic rings. The van der Waals surface area contributed by atoms with Crippen molar-refractivity contribution < 1.29 is 9.53 Å². The maximum atomic E-state index is 12.1. The number of rotatable bonds is 2. The van der Waals surface area contributed by atoms with Crippen LogP contribution in [0, 0.1) is 0 Å². The van der Waals surface area contributed by atoms with Crippen molar-refractivity contribution in [1.29, 1.82) is 0 Å². The average Bonchev–Trinajstić information content (AvgIpc) is 3.03. The fourth-order valence-electron chi connectivity index (χ4n) is 2.79. The van der Waals surface area contributed by atoms with E-state index in [-0.39, 0.29) is 5.97 Å². The summed E-state index contributed by atoms with van der Waals surface area (Å²) >= 11 is 3.44. The minimum absolute atomic E-state index is 0.313. The summed E-state index contributed by atoms with van der Waals surface area (Å²) in [6.45, 7) is 0. The number of fused-ring (bicyclic) bond motifs is 1. The fraction of sp³-hybridized carbons (Fsp3) is 0.429. The molecule has 0 atom stereocenters. The van der Waals surface area contributed by atoms with Gasteiger partial charge >= 0.3 is 5.97 Å². The molecule has 0 unspecified atom stereocenters. The number of carbonyl (C=O) groups excluding carboxylic acids is 1. The average molecular weight is 323 g/mol. The summed E-state index contributed by atoms with van der Waals surface area (Å²) < 4.78 is 7.74. The van der Waals surface area contributed by atoms with Crippen LogP contribution in [0.3, 0.4) is 0 Å². The van der Waals surface area contributed by atoms with Crippen molar-refractivity contribution in [2.75, 3.05) is 7.11 Å². The van der Waals surface area contributed by atoms with E-state index in [1.165, 1.54) is 20.0 Å². The van der Waals surface area contributed by atoms with E-state index in [2.05, 4.69) is 21.0 Å². The Bertz CT molecular complexity index is 630. The van der Waals surface area contributed by atoms with Gasteiger partial charge in [0.25, 0.3) is 0 Å². The molecule has 1 saturated carbocycles. The Morgan fingerprint density at radius 3 is 2.84 bits per heavy atom. The molecule has 0 aliphatic heterocycles. The summed E-state index contributed by atoms with van der Waals surface area (Å²) in [7, 11) is 1.41. The first-order chi connectivity index (χ1) is 9.20. The van der Waals surface area contributed by atoms with Gasteiger partial charge in [-0.05, 0) is 31.0 Å². The topological polar surface area (TPSA) is 44.1 Å². The summed E-state index contributed by atoms with van der Waals surface area (Å²) in [6, 6.07) is 6.12. The lowest BCUT2D eigenvalue weighted by molar-refractivity contribution is 0.0586. The quantitative estimate of drug-likeness (QED) is 0.792. The monoisotopic (exact) mass is 322 g/mol. The second-order valence-corrected chi connectivity index (χ2v) is 5.80. The summed E-state index contributed by atoms with van der Waals surface area (Å²) in [4.78, 5) is 12.1. The van der Waals surface area contributed by atoms with Gasteiger partial charge in [0, 0.05) is 9.86 Å². The van der Waals surface area contributed by atoms with Crippen LogP contribution >= 0.6 is 15.9 Å². The van der Waals surface area contributed by atoms with Gasteiger partial charge in [0.1, 0.15) is 0 Å². The summed E-state index contributed by atoms with van der Waals surface area (Å²) in [6.07, 6.45) is 4.56. The zero-order valence-electron chi connectivity index (χ0n) is 10.7. The predicted molar refractivity (Wildman–Crippen MR) is 76.3 cm³/mol. The van der Waals surface area contributed by atoms with Crippen LogP contribution in [-0.4, -0.2) is 22.9 Å². The first-order valence-electron chi connectivity index (χ1n) is 6.47. The predicted octanol–water partition coefficient (Wildman–Crippen LogP) is 3.70. The second-order valence-electron chi connectivity index (χ2n) is 4.88. The van der Waals surface area contributed by atoms with Crippen molar-refractivity contribution in [3.05, 3.63) is 28.4 Å². The Morgan fingerprint density at radius 2 is 2.16 bits per heavy atom. The molecule has 19 heavy (non-hydrogen) atoms. The van der Waals surface area contributed by atoms with Crippen LogP contribution in [0.2, 0.25) is 0 Å². The smallest absolute Gasteiger partial charge is 0.356 e. The van der Waals surface area contributed by atoms with E-state index in [4.69, 9.17) is 4.74 Å². The van der Waals surface area contributed by atoms with E-state index in [0.29, 0.717) is 11.7 Å². The highest BCUT2D eigenvalue weighted by atomic mass is 79.9. The third kappa shape index (κ3) is 2.16. The summed E-state index contributed by atoms with van der Waals surface area (Å²) in [5.41, 5.74) is 1.42. The third-order valence-corrected chi connectivity index (χ3v) is 4.20. The highest BCUT2D eigenvalue weighted by Crippen LogP contribution is 2.33. The lowest BCUT2D eigenvalue weighted by atomic mass is 10.2. The molecule has 0 N–H and O–H groups in total. The molecule has 1 heterocycles. The second kappa shape index (κ2) is 4.96. The highest BCUT2D eigenvalue weighted by Gasteiger charge is 2.26. The largest absolute Gasteiger partial charge is 0.464 e. The number of halogens is 1. The standard InChI is InChI=1S/C14H15BrN2O2/c1-19-14(18)13-11-8-9(15)6-7-12(11)16-17(13)10-4-2-3-5-10/h6-8,10H,2-5H2,1H3. The number of hydrogen-bond donors (Lipinski definition) is 0. The number of aromatic nitrogens is 2. The first-order valence-corrected chi connectivity index (χ1v) is 7.26. The number of esters is 1. The molecule has 1 aliphatic carbocycles. The Kier molecular flexibility index (Phi) is 3.31. The van der Waals surface area contributed by atoms with Crippen LogP contribution in [0.15, 0.2) is 22.7 Å². The number of nitrogens with zero attached hydrogens (tertiary/aromatic N) is 2. The van der Waals surface area contributed by atoms with Gasteiger partial charge in [-0.1, -0.05) is 28.8 Å². The van der Waals surface area contributed by atoms with E-state index in [0.717, 1.165) is 28.2 Å². The summed E-state index contributed by atoms with van der Waals surface area (Å²) in [5, 5.41) is 5.45. The van der Waals surface area contributed by atoms with Crippen LogP contribution < -0.4 is 0 Å². The molecule has 1 fully saturated rings. The van der Waals surface area contributed by atoms with Gasteiger partial charge < -0.3 is 4.74 Å². The first kappa shape index (κ1) is 12.7. The molecule has 1 aromatic heterocycles. The number of hydrogen-bond acceptors (Lipinski definition) is 3. The van der Waals surface area contributed by atoms with Crippen LogP contribution in [-0.2, 0) is 4.74 Å². The molecule has 0 saturated heterocycles. The summed E-state index contributed by atoms with van der Waals surface area (Å²) in [5.74, 6) is -0.313. The minimum atomic E-state index is -0.313. The van der Waals surface area contributed by atoms with E-state index in [1.807, 2.05) is 22.9 Å². The van der Waals surface area contributed by atoms with Gasteiger partial charge in [-0.2, -0.15) is 5.10 Å². The number of carbonyl (C=O) groups is 1. The van der Waals surface area contributed by atoms with E-state index in [1.54, 1.807) is 0 Å². The van der Waals surface area contributed by atoms with Crippen LogP contribution in [0.4, 0.5) is 0 Å². The third-order valence-electron chi connectivity index (χ3n) is 3.71. The van der Waals surface area contributed by atoms with Gasteiger partial charge in [-0.3, -0.25) is 4.68 Å². The normalized spacial score (nSPS) is 16.1. The van der Waals surface area contributed by atoms with Crippen molar-refractivity contribution in [3.63, 3.8) is 0 Å². The molecule has 0 amide bonds. The molecule has 5 heteroatoms. The Labute approximate surface area is 119 Å². The van der Waals surface area contributed by atoms with Crippen LogP contribution in [0.25, 0.3) is 10.9 Å². The van der Waals surface area contributed by atoms with Gasteiger partial charge in [0.2, 0.25) is 0 Å². The molecule has 1 aromatic carbocycles. The van der Waals surface area contributed by atoms with Gasteiger partial charge in [0.15, 0.2) is 5.69 Å². The molecule has 0 bridgehead atoms. The maximum absolute atomic E-state index is 12.1. The number of methoxy groups -OCH3 is 1. The maximum Gasteiger partial charge on any atom is 0.356 e. The number of benzene rings is 1. The zero-order chi connectivity index (χ0) is 13.4. The lowest BCUT2D eigenvalue weighted by Gasteiger charge is -2.12. The van der Waals surface area contributed by atoms with Crippen molar-refractivity contribution >= 4 is 32.8 Å². The fourth-order valence-corrected chi connectivity index (χ4v) is 3.15. The van der Waals surface area contributed by atoms with Gasteiger partial charge in [-0.15, -0.1) is 0 Å². The van der Waals surface area contributed by atoms with Crippen LogP contribution in [0.1, 0.15) is 42.2 Å². The highest BCUT2D eigenvalue weighted by molar-refractivity contribution is 9.10. The van der Waals surface area contributed by atoms with Crippen LogP contribution in [0.5, 0.6) is 0 Å². The van der Waals surface area contributed by atoms with Crippen molar-refractivity contribution in [2.45, 2.75) is 31.7 Å². The molecule has 2 aromatic rings. The van der Waals surface area contributed by atoms with Gasteiger partial charge in [0.05, 0.1) is 18.7 Å². The molecule has 0 radical (unpaired) electrons. The Morgan fingerprint density at radius 1 is 1.42 bits per heavy atom. The van der Waals surface area contributed by atoms with Gasteiger partial charge in [-0.25, -0.2) is 4.79 Å². The molecule has 4 nitrogen and oxygen atoms in total. The minimum Gasteiger partial charge on any atom is -0.464 e. The number of ether oxygens (including phenoxy) is 1. The Hall–Kier alpha value is -1.36. The van der Waals surface area contributed by atoms with Crippen molar-refractivity contribution in [3.8, 4) is 0 Å². The molecule has 0 spiro atoms. The molecule has 3 rings (SSSR count). The van der Waals surface area contributed by atoms with Crippen molar-refractivity contribution in [1.82, 2.24) is 9.78 Å².